The summed E-state index contributed by atoms with van der Waals surface area (Å²) in [5.74, 6) is 1.09. The molecule has 2 N–H and O–H groups in total. The second-order valence-electron chi connectivity index (χ2n) is 6.52. The Labute approximate surface area is 113 Å². The third-order valence-electron chi connectivity index (χ3n) is 5.41. The van der Waals surface area contributed by atoms with Crippen molar-refractivity contribution in [2.24, 2.45) is 5.41 Å². The first-order valence-electron chi connectivity index (χ1n) is 7.10. The summed E-state index contributed by atoms with van der Waals surface area (Å²) >= 11 is 0. The molecule has 5 nitrogen and oxygen atoms in total. The fourth-order valence-corrected chi connectivity index (χ4v) is 3.73. The molecule has 2 aliphatic carbocycles. The summed E-state index contributed by atoms with van der Waals surface area (Å²) in [5.41, 5.74) is 2.58. The van der Waals surface area contributed by atoms with Crippen LogP contribution in [0.3, 0.4) is 0 Å². The zero-order valence-corrected chi connectivity index (χ0v) is 11.9. The number of fused-ring (bicyclic) bond motifs is 5. The quantitative estimate of drug-likeness (QED) is 0.810. The molecular weight excluding hydrogens is 240 g/mol. The molecule has 2 atom stereocenters. The van der Waals surface area contributed by atoms with Crippen LogP contribution in [0.1, 0.15) is 57.3 Å². The first kappa shape index (κ1) is 12.8. The van der Waals surface area contributed by atoms with Crippen molar-refractivity contribution in [3.63, 3.8) is 0 Å². The molecule has 3 rings (SSSR count). The van der Waals surface area contributed by atoms with Gasteiger partial charge in [0, 0.05) is 24.5 Å². The van der Waals surface area contributed by atoms with Gasteiger partial charge in [-0.15, -0.1) is 10.2 Å². The van der Waals surface area contributed by atoms with E-state index in [2.05, 4.69) is 36.3 Å². The van der Waals surface area contributed by atoms with Crippen LogP contribution in [-0.4, -0.2) is 33.4 Å². The van der Waals surface area contributed by atoms with Crippen LogP contribution in [0.4, 0.5) is 5.95 Å². The van der Waals surface area contributed by atoms with Gasteiger partial charge in [-0.05, 0) is 24.7 Å². The van der Waals surface area contributed by atoms with Crippen molar-refractivity contribution >= 4 is 5.95 Å². The Morgan fingerprint density at radius 1 is 1.32 bits per heavy atom. The first-order valence-corrected chi connectivity index (χ1v) is 7.10. The van der Waals surface area contributed by atoms with E-state index < -0.39 is 0 Å². The van der Waals surface area contributed by atoms with Crippen LogP contribution in [0, 0.1) is 5.41 Å². The molecule has 0 aromatic carbocycles. The summed E-state index contributed by atoms with van der Waals surface area (Å²) in [7, 11) is 0. The lowest BCUT2D eigenvalue weighted by atomic mass is 9.70. The predicted octanol–water partition coefficient (Wildman–Crippen LogP) is 1.84. The van der Waals surface area contributed by atoms with Crippen LogP contribution in [0.25, 0.3) is 0 Å². The van der Waals surface area contributed by atoms with Gasteiger partial charge in [0.15, 0.2) is 0 Å². The van der Waals surface area contributed by atoms with E-state index in [9.17, 15) is 0 Å². The summed E-state index contributed by atoms with van der Waals surface area (Å²) in [6.45, 7) is 7.82. The van der Waals surface area contributed by atoms with Crippen LogP contribution < -0.4 is 5.32 Å². The summed E-state index contributed by atoms with van der Waals surface area (Å²) in [6.07, 6.45) is 3.09. The lowest BCUT2D eigenvalue weighted by Crippen LogP contribution is -2.32. The van der Waals surface area contributed by atoms with Crippen molar-refractivity contribution in [2.75, 3.05) is 18.5 Å². The van der Waals surface area contributed by atoms with Gasteiger partial charge >= 0.3 is 0 Å². The molecular formula is C14H22N4O. The number of nitrogens with zero attached hydrogens (tertiary/aromatic N) is 3. The van der Waals surface area contributed by atoms with Gasteiger partial charge in [0.2, 0.25) is 5.95 Å². The maximum absolute atomic E-state index is 8.80. The van der Waals surface area contributed by atoms with Crippen LogP contribution in [0.2, 0.25) is 0 Å². The van der Waals surface area contributed by atoms with Gasteiger partial charge in [-0.3, -0.25) is 0 Å². The molecule has 19 heavy (non-hydrogen) atoms. The maximum Gasteiger partial charge on any atom is 0.242 e. The van der Waals surface area contributed by atoms with Crippen LogP contribution >= 0.6 is 0 Å². The van der Waals surface area contributed by atoms with Crippen LogP contribution in [0.5, 0.6) is 0 Å². The van der Waals surface area contributed by atoms with Gasteiger partial charge in [0.25, 0.3) is 0 Å². The lowest BCUT2D eigenvalue weighted by Gasteiger charge is -2.33. The smallest absolute Gasteiger partial charge is 0.242 e. The molecule has 0 spiro atoms. The number of nitrogens with one attached hydrogen (secondary N) is 1. The third-order valence-corrected chi connectivity index (χ3v) is 5.41. The summed E-state index contributed by atoms with van der Waals surface area (Å²) in [6, 6.07) is 0. The van der Waals surface area contributed by atoms with Crippen molar-refractivity contribution in [2.45, 2.75) is 51.4 Å². The Balaban J connectivity index is 1.92. The van der Waals surface area contributed by atoms with Crippen LogP contribution in [0.15, 0.2) is 0 Å². The second kappa shape index (κ2) is 4.13. The summed E-state index contributed by atoms with van der Waals surface area (Å²) in [5, 5.41) is 20.5. The van der Waals surface area contributed by atoms with E-state index in [1.54, 1.807) is 0 Å². The van der Waals surface area contributed by atoms with Gasteiger partial charge in [-0.1, -0.05) is 20.8 Å². The number of aliphatic hydroxyl groups is 1. The van der Waals surface area contributed by atoms with Crippen molar-refractivity contribution in [3.05, 3.63) is 11.4 Å². The van der Waals surface area contributed by atoms with E-state index in [-0.39, 0.29) is 17.4 Å². The van der Waals surface area contributed by atoms with Crippen molar-refractivity contribution in [3.8, 4) is 0 Å². The average Bonchev–Trinajstić information content (AvgIpc) is 2.71. The third kappa shape index (κ3) is 1.60. The Morgan fingerprint density at radius 3 is 2.84 bits per heavy atom. The highest BCUT2D eigenvalue weighted by atomic mass is 16.3. The van der Waals surface area contributed by atoms with Crippen molar-refractivity contribution < 1.29 is 5.11 Å². The molecule has 1 saturated carbocycles. The van der Waals surface area contributed by atoms with E-state index in [1.165, 1.54) is 12.8 Å². The van der Waals surface area contributed by atoms with E-state index in [0.29, 0.717) is 24.8 Å². The topological polar surface area (TPSA) is 70.9 Å². The molecule has 1 aromatic rings. The minimum Gasteiger partial charge on any atom is -0.396 e. The Hall–Kier alpha value is -1.23. The van der Waals surface area contributed by atoms with Crippen molar-refractivity contribution in [1.29, 1.82) is 0 Å². The average molecular weight is 262 g/mol. The molecule has 1 aromatic heterocycles. The number of rotatable bonds is 4. The largest absolute Gasteiger partial charge is 0.396 e. The zero-order valence-electron chi connectivity index (χ0n) is 11.9. The molecule has 1 heterocycles. The number of aliphatic hydroxyl groups excluding tert-OH is 1. The fourth-order valence-electron chi connectivity index (χ4n) is 3.73. The second-order valence-corrected chi connectivity index (χ2v) is 6.52. The number of hydrogen-bond donors (Lipinski definition) is 2. The number of hydrogen-bond acceptors (Lipinski definition) is 5. The SMILES string of the molecule is CC12CCC(c3nnc(NCCCO)nc31)C2(C)C. The van der Waals surface area contributed by atoms with Gasteiger partial charge in [0.05, 0.1) is 11.4 Å². The molecule has 2 bridgehead atoms. The molecule has 2 aliphatic rings. The molecule has 0 amide bonds. The van der Waals surface area contributed by atoms with Gasteiger partial charge in [0.1, 0.15) is 0 Å². The van der Waals surface area contributed by atoms with E-state index in [1.807, 2.05) is 0 Å². The monoisotopic (exact) mass is 262 g/mol. The molecule has 104 valence electrons. The highest BCUT2D eigenvalue weighted by molar-refractivity contribution is 5.43. The Kier molecular flexibility index (Phi) is 2.78. The molecule has 1 fully saturated rings. The highest BCUT2D eigenvalue weighted by Gasteiger charge is 2.61. The molecule has 2 unspecified atom stereocenters. The highest BCUT2D eigenvalue weighted by Crippen LogP contribution is 2.66. The summed E-state index contributed by atoms with van der Waals surface area (Å²) in [4.78, 5) is 4.71. The van der Waals surface area contributed by atoms with Crippen molar-refractivity contribution in [1.82, 2.24) is 15.2 Å². The number of anilines is 1. The van der Waals surface area contributed by atoms with E-state index in [4.69, 9.17) is 10.1 Å². The Morgan fingerprint density at radius 2 is 2.11 bits per heavy atom. The molecule has 0 aliphatic heterocycles. The fraction of sp³-hybridized carbons (Fsp3) is 0.786. The van der Waals surface area contributed by atoms with Crippen LogP contribution in [-0.2, 0) is 5.41 Å². The van der Waals surface area contributed by atoms with Gasteiger partial charge in [-0.2, -0.15) is 0 Å². The predicted molar refractivity (Wildman–Crippen MR) is 73.1 cm³/mol. The van der Waals surface area contributed by atoms with Gasteiger partial charge < -0.3 is 10.4 Å². The molecule has 0 saturated heterocycles. The molecule has 5 heteroatoms. The standard InChI is InChI=1S/C14H22N4O/c1-13(2)9-5-6-14(13,3)11-10(9)17-18-12(16-11)15-7-4-8-19/h9,19H,4-8H2,1-3H3,(H,15,16,18). The zero-order chi connectivity index (χ0) is 13.7. The minimum absolute atomic E-state index is 0.121. The van der Waals surface area contributed by atoms with Gasteiger partial charge in [-0.25, -0.2) is 4.98 Å². The van der Waals surface area contributed by atoms with E-state index in [0.717, 1.165) is 11.4 Å². The molecule has 0 radical (unpaired) electrons. The Bertz CT molecular complexity index is 502. The summed E-state index contributed by atoms with van der Waals surface area (Å²) < 4.78 is 0. The van der Waals surface area contributed by atoms with E-state index >= 15 is 0 Å². The normalized spacial score (nSPS) is 30.4. The lowest BCUT2D eigenvalue weighted by molar-refractivity contribution is 0.227. The minimum atomic E-state index is 0.121. The number of aromatic nitrogens is 3. The maximum atomic E-state index is 8.80. The first-order chi connectivity index (χ1) is 9.00.